The molecule has 1 saturated carbocycles. The van der Waals surface area contributed by atoms with Crippen LogP contribution in [0.1, 0.15) is 32.1 Å². The minimum atomic E-state index is 0.163. The number of carbonyl (C=O) groups excluding carboxylic acids is 1. The van der Waals surface area contributed by atoms with Crippen molar-refractivity contribution in [2.24, 2.45) is 5.92 Å². The fourth-order valence-corrected chi connectivity index (χ4v) is 4.09. The lowest BCUT2D eigenvalue weighted by atomic mass is 9.84. The van der Waals surface area contributed by atoms with Crippen molar-refractivity contribution in [3.63, 3.8) is 0 Å². The second-order valence-corrected chi connectivity index (χ2v) is 7.18. The third kappa shape index (κ3) is 2.63. The van der Waals surface area contributed by atoms with Crippen LogP contribution in [0, 0.1) is 5.92 Å². The number of fused-ring (bicyclic) bond motifs is 1. The smallest absolute Gasteiger partial charge is 0.231 e. The van der Waals surface area contributed by atoms with Crippen LogP contribution in [0.3, 0.4) is 0 Å². The number of hydrogen-bond acceptors (Lipinski definition) is 4. The first-order chi connectivity index (χ1) is 10.8. The molecule has 0 N–H and O–H groups in total. The zero-order valence-electron chi connectivity index (χ0n) is 12.5. The van der Waals surface area contributed by atoms with Gasteiger partial charge in [-0.05, 0) is 37.8 Å². The van der Waals surface area contributed by atoms with Gasteiger partial charge in [0.15, 0.2) is 5.13 Å². The fraction of sp³-hybridized carbons (Fsp3) is 0.529. The molecule has 1 aromatic heterocycles. The first-order valence-electron chi connectivity index (χ1n) is 8.10. The van der Waals surface area contributed by atoms with Gasteiger partial charge in [-0.25, -0.2) is 4.98 Å². The minimum absolute atomic E-state index is 0.163. The number of benzene rings is 1. The molecule has 2 aromatic rings. The predicted octanol–water partition coefficient (Wildman–Crippen LogP) is 3.61. The molecule has 0 unspecified atom stereocenters. The van der Waals surface area contributed by atoms with E-state index in [9.17, 15) is 4.79 Å². The highest BCUT2D eigenvalue weighted by Crippen LogP contribution is 2.34. The highest BCUT2D eigenvalue weighted by molar-refractivity contribution is 7.22. The van der Waals surface area contributed by atoms with Crippen LogP contribution in [0.2, 0.25) is 0 Å². The van der Waals surface area contributed by atoms with Crippen molar-refractivity contribution in [2.45, 2.75) is 38.2 Å². The minimum Gasteiger partial charge on any atom is -0.376 e. The van der Waals surface area contributed by atoms with Gasteiger partial charge in [-0.3, -0.25) is 9.69 Å². The van der Waals surface area contributed by atoms with Gasteiger partial charge in [0.2, 0.25) is 5.91 Å². The van der Waals surface area contributed by atoms with Crippen molar-refractivity contribution in [1.82, 2.24) is 4.98 Å². The number of rotatable bonds is 4. The molecule has 116 valence electrons. The first kappa shape index (κ1) is 14.2. The van der Waals surface area contributed by atoms with Crippen molar-refractivity contribution in [1.29, 1.82) is 0 Å². The Kier molecular flexibility index (Phi) is 3.84. The topological polar surface area (TPSA) is 42.4 Å². The first-order valence-corrected chi connectivity index (χ1v) is 8.91. The maximum absolute atomic E-state index is 12.8. The lowest BCUT2D eigenvalue weighted by Crippen LogP contribution is -2.43. The van der Waals surface area contributed by atoms with E-state index in [2.05, 4.69) is 11.1 Å². The molecule has 1 aliphatic carbocycles. The Bertz CT molecular complexity index is 641. The van der Waals surface area contributed by atoms with Crippen molar-refractivity contribution in [3.8, 4) is 0 Å². The summed E-state index contributed by atoms with van der Waals surface area (Å²) in [4.78, 5) is 19.4. The second kappa shape index (κ2) is 5.97. The van der Waals surface area contributed by atoms with E-state index in [1.54, 1.807) is 11.3 Å². The maximum Gasteiger partial charge on any atom is 0.231 e. The Balaban J connectivity index is 1.63. The van der Waals surface area contributed by atoms with Crippen LogP contribution in [0.5, 0.6) is 0 Å². The normalized spacial score (nSPS) is 21.9. The van der Waals surface area contributed by atoms with Crippen LogP contribution in [0.25, 0.3) is 10.2 Å². The molecule has 1 aliphatic heterocycles. The van der Waals surface area contributed by atoms with Gasteiger partial charge in [-0.15, -0.1) is 0 Å². The summed E-state index contributed by atoms with van der Waals surface area (Å²) in [7, 11) is 0. The van der Waals surface area contributed by atoms with E-state index in [4.69, 9.17) is 4.74 Å². The number of aromatic nitrogens is 1. The Labute approximate surface area is 134 Å². The van der Waals surface area contributed by atoms with Gasteiger partial charge in [0.1, 0.15) is 0 Å². The summed E-state index contributed by atoms with van der Waals surface area (Å²) in [5, 5.41) is 0.827. The van der Waals surface area contributed by atoms with Crippen LogP contribution in [0.4, 0.5) is 5.13 Å². The van der Waals surface area contributed by atoms with E-state index in [0.29, 0.717) is 6.54 Å². The number of hydrogen-bond donors (Lipinski definition) is 0. The third-order valence-corrected chi connectivity index (χ3v) is 5.70. The van der Waals surface area contributed by atoms with E-state index < -0.39 is 0 Å². The molecule has 0 spiro atoms. The van der Waals surface area contributed by atoms with Crippen LogP contribution < -0.4 is 4.90 Å². The summed E-state index contributed by atoms with van der Waals surface area (Å²) in [5.41, 5.74) is 0.973. The average Bonchev–Trinajstić information content (AvgIpc) is 3.11. The van der Waals surface area contributed by atoms with Crippen molar-refractivity contribution in [3.05, 3.63) is 24.3 Å². The summed E-state index contributed by atoms with van der Waals surface area (Å²) in [6.07, 6.45) is 5.51. The summed E-state index contributed by atoms with van der Waals surface area (Å²) in [6.45, 7) is 1.46. The van der Waals surface area contributed by atoms with Gasteiger partial charge >= 0.3 is 0 Å². The highest BCUT2D eigenvalue weighted by Gasteiger charge is 2.33. The molecule has 4 rings (SSSR count). The number of ether oxygens (including phenoxy) is 1. The number of carbonyl (C=O) groups is 1. The molecule has 0 bridgehead atoms. The van der Waals surface area contributed by atoms with Crippen LogP contribution in [0.15, 0.2) is 24.3 Å². The van der Waals surface area contributed by atoms with Gasteiger partial charge < -0.3 is 4.74 Å². The summed E-state index contributed by atoms with van der Waals surface area (Å²) < 4.78 is 6.88. The Morgan fingerprint density at radius 1 is 1.27 bits per heavy atom. The Morgan fingerprint density at radius 2 is 2.14 bits per heavy atom. The van der Waals surface area contributed by atoms with Crippen molar-refractivity contribution in [2.75, 3.05) is 18.1 Å². The van der Waals surface area contributed by atoms with E-state index in [1.165, 1.54) is 6.42 Å². The van der Waals surface area contributed by atoms with Crippen LogP contribution in [-0.2, 0) is 9.53 Å². The van der Waals surface area contributed by atoms with Gasteiger partial charge in [-0.2, -0.15) is 0 Å². The van der Waals surface area contributed by atoms with Gasteiger partial charge in [0.05, 0.1) is 22.9 Å². The SMILES string of the molecule is O=C(C1CCC1)N(C[C@H]1CCCO1)c1nc2ccccc2s1. The van der Waals surface area contributed by atoms with E-state index in [0.717, 1.165) is 47.6 Å². The molecule has 22 heavy (non-hydrogen) atoms. The molecule has 1 amide bonds. The number of thiazole rings is 1. The maximum atomic E-state index is 12.8. The number of anilines is 1. The third-order valence-electron chi connectivity index (χ3n) is 4.64. The quantitative estimate of drug-likeness (QED) is 0.865. The summed E-state index contributed by atoms with van der Waals surface area (Å²) in [6, 6.07) is 8.08. The van der Waals surface area contributed by atoms with Gasteiger partial charge in [-0.1, -0.05) is 29.9 Å². The highest BCUT2D eigenvalue weighted by atomic mass is 32.1. The molecule has 1 saturated heterocycles. The zero-order valence-corrected chi connectivity index (χ0v) is 13.3. The predicted molar refractivity (Wildman–Crippen MR) is 88.3 cm³/mol. The van der Waals surface area contributed by atoms with Gasteiger partial charge in [0.25, 0.3) is 0 Å². The Morgan fingerprint density at radius 3 is 2.82 bits per heavy atom. The molecule has 5 heteroatoms. The molecule has 2 fully saturated rings. The molecule has 2 heterocycles. The largest absolute Gasteiger partial charge is 0.376 e. The zero-order chi connectivity index (χ0) is 14.9. The van der Waals surface area contributed by atoms with Crippen LogP contribution >= 0.6 is 11.3 Å². The lowest BCUT2D eigenvalue weighted by Gasteiger charge is -2.31. The standard InChI is InChI=1S/C17H20N2O2S/c20-16(12-5-3-6-12)19(11-13-7-4-10-21-13)17-18-14-8-1-2-9-15(14)22-17/h1-2,8-9,12-13H,3-7,10-11H2/t13-/m1/s1. The molecule has 1 atom stereocenters. The fourth-order valence-electron chi connectivity index (χ4n) is 3.11. The van der Waals surface area contributed by atoms with Gasteiger partial charge in [0, 0.05) is 12.5 Å². The average molecular weight is 316 g/mol. The van der Waals surface area contributed by atoms with Crippen LogP contribution in [-0.4, -0.2) is 30.1 Å². The number of para-hydroxylation sites is 1. The Hall–Kier alpha value is -1.46. The lowest BCUT2D eigenvalue weighted by molar-refractivity contribution is -0.125. The van der Waals surface area contributed by atoms with E-state index in [-0.39, 0.29) is 17.9 Å². The molecule has 2 aliphatic rings. The molecule has 1 aromatic carbocycles. The summed E-state index contributed by atoms with van der Waals surface area (Å²) >= 11 is 1.61. The number of amides is 1. The second-order valence-electron chi connectivity index (χ2n) is 6.18. The molecule has 4 nitrogen and oxygen atoms in total. The van der Waals surface area contributed by atoms with Crippen molar-refractivity contribution >= 4 is 32.6 Å². The summed E-state index contributed by atoms with van der Waals surface area (Å²) in [5.74, 6) is 0.425. The monoisotopic (exact) mass is 316 g/mol. The van der Waals surface area contributed by atoms with Crippen molar-refractivity contribution < 1.29 is 9.53 Å². The number of nitrogens with zero attached hydrogens (tertiary/aromatic N) is 2. The molecular formula is C17H20N2O2S. The molecular weight excluding hydrogens is 296 g/mol. The van der Waals surface area contributed by atoms with E-state index >= 15 is 0 Å². The van der Waals surface area contributed by atoms with E-state index in [1.807, 2.05) is 23.1 Å². The molecule has 0 radical (unpaired) electrons.